The van der Waals surface area contributed by atoms with Gasteiger partial charge in [-0.2, -0.15) is 0 Å². The SMILES string of the molecule is C=C(N=C(/C(C=NC)=C(/C)CC1CC1)/C(Cl)=C\C)C1C(C)C(C)C1C. The fourth-order valence-electron chi connectivity index (χ4n) is 4.04. The number of allylic oxidation sites excluding steroid dienone is 5. The van der Waals surface area contributed by atoms with Crippen molar-refractivity contribution in [2.24, 2.45) is 39.6 Å². The van der Waals surface area contributed by atoms with E-state index < -0.39 is 0 Å². The highest BCUT2D eigenvalue weighted by Crippen LogP contribution is 2.49. The lowest BCUT2D eigenvalue weighted by Crippen LogP contribution is -2.42. The largest absolute Gasteiger partial charge is 0.296 e. The molecule has 0 spiro atoms. The third kappa shape index (κ3) is 4.53. The average molecular weight is 361 g/mol. The van der Waals surface area contributed by atoms with Crippen LogP contribution in [0, 0.1) is 29.6 Å². The van der Waals surface area contributed by atoms with Crippen LogP contribution in [0.4, 0.5) is 0 Å². The van der Waals surface area contributed by atoms with Gasteiger partial charge in [-0.25, -0.2) is 0 Å². The van der Waals surface area contributed by atoms with Gasteiger partial charge in [0.1, 0.15) is 0 Å². The molecule has 0 amide bonds. The van der Waals surface area contributed by atoms with Crippen LogP contribution in [0.5, 0.6) is 0 Å². The fourth-order valence-corrected chi connectivity index (χ4v) is 4.18. The van der Waals surface area contributed by atoms with Gasteiger partial charge in [0.05, 0.1) is 10.7 Å². The topological polar surface area (TPSA) is 24.7 Å². The predicted molar refractivity (Wildman–Crippen MR) is 112 cm³/mol. The van der Waals surface area contributed by atoms with Crippen molar-refractivity contribution in [1.29, 1.82) is 0 Å². The van der Waals surface area contributed by atoms with Crippen molar-refractivity contribution in [2.45, 2.75) is 53.9 Å². The standard InChI is InChI=1S/C22H33ClN2/c1-8-20(23)22(19(12-24-7)13(2)11-18-9-10-18)25-17(6)21-15(4)14(3)16(21)5/h8,12,14-16,18,21H,6,9-11H2,1-5,7H3/b19-13-,20-8+,24-12?,25-22?. The van der Waals surface area contributed by atoms with Gasteiger partial charge in [0.15, 0.2) is 0 Å². The van der Waals surface area contributed by atoms with Crippen molar-refractivity contribution in [3.8, 4) is 0 Å². The third-order valence-corrected chi connectivity index (χ3v) is 6.57. The highest BCUT2D eigenvalue weighted by molar-refractivity contribution is 6.48. The number of hydrogen-bond acceptors (Lipinski definition) is 2. The molecule has 0 N–H and O–H groups in total. The maximum atomic E-state index is 6.56. The van der Waals surface area contributed by atoms with Crippen LogP contribution in [-0.4, -0.2) is 19.0 Å². The molecule has 2 atom stereocenters. The Hall–Kier alpha value is -1.15. The molecule has 2 fully saturated rings. The molecule has 0 radical (unpaired) electrons. The summed E-state index contributed by atoms with van der Waals surface area (Å²) in [5.41, 5.74) is 4.17. The molecular formula is C22H33ClN2. The molecule has 0 heterocycles. The van der Waals surface area contributed by atoms with Crippen LogP contribution in [-0.2, 0) is 0 Å². The number of aliphatic imine (C=N–C) groups is 2. The van der Waals surface area contributed by atoms with Crippen LogP contribution in [0.15, 0.2) is 44.5 Å². The molecule has 2 aliphatic rings. The van der Waals surface area contributed by atoms with Crippen molar-refractivity contribution in [1.82, 2.24) is 0 Å². The minimum atomic E-state index is 0.440. The van der Waals surface area contributed by atoms with Crippen molar-refractivity contribution in [3.63, 3.8) is 0 Å². The fraction of sp³-hybridized carbons (Fsp3) is 0.636. The quantitative estimate of drug-likeness (QED) is 0.467. The van der Waals surface area contributed by atoms with Crippen LogP contribution >= 0.6 is 11.6 Å². The first-order chi connectivity index (χ1) is 11.8. The molecule has 25 heavy (non-hydrogen) atoms. The molecule has 2 rings (SSSR count). The van der Waals surface area contributed by atoms with E-state index in [0.29, 0.717) is 22.8 Å². The summed E-state index contributed by atoms with van der Waals surface area (Å²) in [7, 11) is 1.80. The van der Waals surface area contributed by atoms with Gasteiger partial charge in [-0.15, -0.1) is 0 Å². The van der Waals surface area contributed by atoms with E-state index in [1.54, 1.807) is 7.05 Å². The molecular weight excluding hydrogens is 328 g/mol. The van der Waals surface area contributed by atoms with Gasteiger partial charge in [-0.05, 0) is 56.8 Å². The van der Waals surface area contributed by atoms with E-state index in [1.165, 1.54) is 18.4 Å². The normalized spacial score (nSPS) is 31.8. The molecule has 0 saturated heterocycles. The Balaban J connectivity index is 2.38. The number of rotatable bonds is 7. The van der Waals surface area contributed by atoms with Crippen LogP contribution in [0.2, 0.25) is 0 Å². The zero-order valence-electron chi connectivity index (χ0n) is 16.6. The minimum Gasteiger partial charge on any atom is -0.296 e. The summed E-state index contributed by atoms with van der Waals surface area (Å²) in [6.07, 6.45) is 7.59. The van der Waals surface area contributed by atoms with Crippen LogP contribution < -0.4 is 0 Å². The number of hydrogen-bond donors (Lipinski definition) is 0. The van der Waals surface area contributed by atoms with E-state index in [2.05, 4.69) is 39.3 Å². The molecule has 0 aromatic carbocycles. The molecule has 0 aliphatic heterocycles. The monoisotopic (exact) mass is 360 g/mol. The van der Waals surface area contributed by atoms with Crippen molar-refractivity contribution >= 4 is 23.5 Å². The van der Waals surface area contributed by atoms with Crippen molar-refractivity contribution in [2.75, 3.05) is 7.05 Å². The molecule has 138 valence electrons. The third-order valence-electron chi connectivity index (χ3n) is 6.18. The van der Waals surface area contributed by atoms with Crippen molar-refractivity contribution < 1.29 is 0 Å². The van der Waals surface area contributed by atoms with Gasteiger partial charge in [0.25, 0.3) is 0 Å². The Morgan fingerprint density at radius 1 is 1.16 bits per heavy atom. The first-order valence-electron chi connectivity index (χ1n) is 9.53. The lowest BCUT2D eigenvalue weighted by Gasteiger charge is -2.48. The van der Waals surface area contributed by atoms with Crippen LogP contribution in [0.3, 0.4) is 0 Å². The summed E-state index contributed by atoms with van der Waals surface area (Å²) >= 11 is 6.56. The molecule has 2 unspecified atom stereocenters. The van der Waals surface area contributed by atoms with Crippen LogP contribution in [0.1, 0.15) is 53.9 Å². The van der Waals surface area contributed by atoms with Gasteiger partial charge in [0, 0.05) is 30.5 Å². The molecule has 0 aromatic rings. The predicted octanol–water partition coefficient (Wildman–Crippen LogP) is 6.44. The van der Waals surface area contributed by atoms with Gasteiger partial charge < -0.3 is 0 Å². The van der Waals surface area contributed by atoms with E-state index in [-0.39, 0.29) is 0 Å². The average Bonchev–Trinajstić information content (AvgIpc) is 3.40. The van der Waals surface area contributed by atoms with E-state index in [9.17, 15) is 0 Å². The van der Waals surface area contributed by atoms with Gasteiger partial charge in [-0.1, -0.05) is 50.6 Å². The molecule has 2 nitrogen and oxygen atoms in total. The Morgan fingerprint density at radius 3 is 2.24 bits per heavy atom. The van der Waals surface area contributed by atoms with Gasteiger partial charge >= 0.3 is 0 Å². The Labute approximate surface area is 158 Å². The second kappa shape index (κ2) is 8.49. The highest BCUT2D eigenvalue weighted by Gasteiger charge is 2.43. The molecule has 3 heteroatoms. The smallest absolute Gasteiger partial charge is 0.0902 e. The first kappa shape index (κ1) is 20.2. The number of halogens is 1. The van der Waals surface area contributed by atoms with E-state index in [1.807, 2.05) is 19.2 Å². The second-order valence-electron chi connectivity index (χ2n) is 7.92. The van der Waals surface area contributed by atoms with E-state index >= 15 is 0 Å². The lowest BCUT2D eigenvalue weighted by atomic mass is 9.58. The lowest BCUT2D eigenvalue weighted by molar-refractivity contribution is 0.0429. The second-order valence-corrected chi connectivity index (χ2v) is 8.33. The molecule has 0 aromatic heterocycles. The summed E-state index contributed by atoms with van der Waals surface area (Å²) < 4.78 is 0. The zero-order chi connectivity index (χ0) is 18.7. The summed E-state index contributed by atoms with van der Waals surface area (Å²) in [6, 6.07) is 0. The summed E-state index contributed by atoms with van der Waals surface area (Å²) in [4.78, 5) is 9.22. The molecule has 0 bridgehead atoms. The summed E-state index contributed by atoms with van der Waals surface area (Å²) in [5.74, 6) is 3.23. The Kier molecular flexibility index (Phi) is 6.85. The van der Waals surface area contributed by atoms with E-state index in [0.717, 1.165) is 35.2 Å². The Morgan fingerprint density at radius 2 is 1.76 bits per heavy atom. The summed E-state index contributed by atoms with van der Waals surface area (Å²) in [5, 5.41) is 0.680. The Bertz CT molecular complexity index is 624. The van der Waals surface area contributed by atoms with Gasteiger partial charge in [0.2, 0.25) is 0 Å². The maximum Gasteiger partial charge on any atom is 0.0902 e. The minimum absolute atomic E-state index is 0.440. The zero-order valence-corrected chi connectivity index (χ0v) is 17.4. The highest BCUT2D eigenvalue weighted by atomic mass is 35.5. The molecule has 2 aliphatic carbocycles. The van der Waals surface area contributed by atoms with E-state index in [4.69, 9.17) is 16.6 Å². The van der Waals surface area contributed by atoms with Crippen molar-refractivity contribution in [3.05, 3.63) is 34.5 Å². The van der Waals surface area contributed by atoms with Crippen LogP contribution in [0.25, 0.3) is 0 Å². The summed E-state index contributed by atoms with van der Waals surface area (Å²) in [6.45, 7) is 15.4. The molecule has 2 saturated carbocycles. The first-order valence-corrected chi connectivity index (χ1v) is 9.91. The maximum absolute atomic E-state index is 6.56. The van der Waals surface area contributed by atoms with Gasteiger partial charge in [-0.3, -0.25) is 9.98 Å². The number of nitrogens with zero attached hydrogens (tertiary/aromatic N) is 2.